The minimum absolute atomic E-state index is 0.162. The van der Waals surface area contributed by atoms with E-state index < -0.39 is 5.24 Å². The van der Waals surface area contributed by atoms with Crippen molar-refractivity contribution in [2.24, 2.45) is 0 Å². The molecule has 0 fully saturated rings. The van der Waals surface area contributed by atoms with Crippen LogP contribution in [0.25, 0.3) is 0 Å². The van der Waals surface area contributed by atoms with Crippen LogP contribution in [0.15, 0.2) is 54.6 Å². The highest BCUT2D eigenvalue weighted by Crippen LogP contribution is 2.29. The quantitative estimate of drug-likeness (QED) is 0.758. The van der Waals surface area contributed by atoms with E-state index in [1.165, 1.54) is 12.1 Å². The number of hydrogen-bond acceptors (Lipinski definition) is 1. The first-order valence-electron chi connectivity index (χ1n) is 5.65. The maximum Gasteiger partial charge on any atom is 0.222 e. The fourth-order valence-electron chi connectivity index (χ4n) is 2.00. The fraction of sp³-hybridized carbons (Fsp3) is 0.133. The first kappa shape index (κ1) is 12.8. The molecule has 1 nitrogen and oxygen atoms in total. The molecule has 0 bridgehead atoms. The normalized spacial score (nSPS) is 12.1. The van der Waals surface area contributed by atoms with Gasteiger partial charge in [-0.2, -0.15) is 0 Å². The third kappa shape index (κ3) is 3.17. The molecule has 0 N–H and O–H groups in total. The Bertz CT molecular complexity index is 539. The van der Waals surface area contributed by atoms with Crippen molar-refractivity contribution in [3.8, 4) is 0 Å². The van der Waals surface area contributed by atoms with Crippen LogP contribution in [0.4, 0.5) is 4.39 Å². The molecule has 0 aliphatic carbocycles. The molecule has 1 unspecified atom stereocenters. The summed E-state index contributed by atoms with van der Waals surface area (Å²) in [4.78, 5) is 11.2. The molecule has 92 valence electrons. The molecule has 3 heteroatoms. The Morgan fingerprint density at radius 2 is 1.72 bits per heavy atom. The van der Waals surface area contributed by atoms with E-state index >= 15 is 0 Å². The van der Waals surface area contributed by atoms with Gasteiger partial charge in [0.25, 0.3) is 0 Å². The molecule has 0 aliphatic rings. The molecule has 0 saturated heterocycles. The van der Waals surface area contributed by atoms with Crippen LogP contribution in [-0.2, 0) is 4.79 Å². The molecule has 18 heavy (non-hydrogen) atoms. The highest BCUT2D eigenvalue weighted by Gasteiger charge is 2.17. The standard InChI is InChI=1S/C15H12ClFO/c16-15(18)10-14(11-5-2-1-3-6-11)12-7-4-8-13(17)9-12/h1-9,14H,10H2. The van der Waals surface area contributed by atoms with Crippen molar-refractivity contribution in [3.63, 3.8) is 0 Å². The van der Waals surface area contributed by atoms with Gasteiger partial charge in [0.1, 0.15) is 5.82 Å². The molecule has 0 aromatic heterocycles. The summed E-state index contributed by atoms with van der Waals surface area (Å²) in [5.41, 5.74) is 1.72. The lowest BCUT2D eigenvalue weighted by molar-refractivity contribution is -0.111. The summed E-state index contributed by atoms with van der Waals surface area (Å²) in [6, 6.07) is 15.8. The Balaban J connectivity index is 2.40. The summed E-state index contributed by atoms with van der Waals surface area (Å²) in [5.74, 6) is -0.512. The van der Waals surface area contributed by atoms with Crippen LogP contribution >= 0.6 is 11.6 Å². The van der Waals surface area contributed by atoms with E-state index in [2.05, 4.69) is 0 Å². The second-order valence-electron chi connectivity index (χ2n) is 4.08. The number of halogens is 2. The molecule has 0 saturated carbocycles. The molecule has 0 amide bonds. The minimum Gasteiger partial charge on any atom is -0.281 e. The van der Waals surface area contributed by atoms with Crippen LogP contribution in [0.1, 0.15) is 23.5 Å². The molecule has 0 spiro atoms. The van der Waals surface area contributed by atoms with Gasteiger partial charge in [-0.3, -0.25) is 4.79 Å². The summed E-state index contributed by atoms with van der Waals surface area (Å²) in [7, 11) is 0. The number of hydrogen-bond donors (Lipinski definition) is 0. The van der Waals surface area contributed by atoms with Crippen LogP contribution < -0.4 is 0 Å². The summed E-state index contributed by atoms with van der Waals surface area (Å²) in [6.07, 6.45) is 0.162. The van der Waals surface area contributed by atoms with Crippen LogP contribution in [0.2, 0.25) is 0 Å². The summed E-state index contributed by atoms with van der Waals surface area (Å²) in [5, 5.41) is -0.423. The Morgan fingerprint density at radius 3 is 2.33 bits per heavy atom. The Kier molecular flexibility index (Phi) is 4.11. The first-order valence-corrected chi connectivity index (χ1v) is 6.03. The highest BCUT2D eigenvalue weighted by atomic mass is 35.5. The average molecular weight is 263 g/mol. The number of carbonyl (C=O) groups excluding carboxylic acids is 1. The van der Waals surface area contributed by atoms with Gasteiger partial charge in [-0.15, -0.1) is 0 Å². The van der Waals surface area contributed by atoms with E-state index in [9.17, 15) is 9.18 Å². The Morgan fingerprint density at radius 1 is 1.06 bits per heavy atom. The van der Waals surface area contributed by atoms with Gasteiger partial charge in [0.2, 0.25) is 5.24 Å². The van der Waals surface area contributed by atoms with E-state index in [-0.39, 0.29) is 18.2 Å². The second kappa shape index (κ2) is 5.78. The maximum absolute atomic E-state index is 13.3. The first-order chi connectivity index (χ1) is 8.66. The Hall–Kier alpha value is -1.67. The second-order valence-corrected chi connectivity index (χ2v) is 4.50. The molecular weight excluding hydrogens is 251 g/mol. The number of carbonyl (C=O) groups is 1. The van der Waals surface area contributed by atoms with Crippen LogP contribution in [0.5, 0.6) is 0 Å². The van der Waals surface area contributed by atoms with Gasteiger partial charge >= 0.3 is 0 Å². The highest BCUT2D eigenvalue weighted by molar-refractivity contribution is 6.63. The van der Waals surface area contributed by atoms with Gasteiger partial charge in [0.15, 0.2) is 0 Å². The molecule has 2 aromatic carbocycles. The zero-order chi connectivity index (χ0) is 13.0. The van der Waals surface area contributed by atoms with Crippen LogP contribution in [0, 0.1) is 5.82 Å². The molecule has 1 atom stereocenters. The largest absolute Gasteiger partial charge is 0.281 e. The average Bonchev–Trinajstić information content (AvgIpc) is 2.37. The van der Waals surface area contributed by atoms with Crippen molar-refractivity contribution in [1.82, 2.24) is 0 Å². The summed E-state index contributed by atoms with van der Waals surface area (Å²) in [6.45, 7) is 0. The van der Waals surface area contributed by atoms with Crippen molar-refractivity contribution in [2.75, 3.05) is 0 Å². The van der Waals surface area contributed by atoms with Gasteiger partial charge in [0.05, 0.1) is 0 Å². The van der Waals surface area contributed by atoms with Crippen molar-refractivity contribution in [3.05, 3.63) is 71.5 Å². The molecule has 0 aliphatic heterocycles. The summed E-state index contributed by atoms with van der Waals surface area (Å²) < 4.78 is 13.3. The molecular formula is C15H12ClFO. The molecule has 2 aromatic rings. The van der Waals surface area contributed by atoms with Crippen LogP contribution in [-0.4, -0.2) is 5.24 Å². The zero-order valence-corrected chi connectivity index (χ0v) is 10.4. The van der Waals surface area contributed by atoms with E-state index in [0.29, 0.717) is 0 Å². The van der Waals surface area contributed by atoms with E-state index in [1.54, 1.807) is 12.1 Å². The van der Waals surface area contributed by atoms with E-state index in [0.717, 1.165) is 11.1 Å². The van der Waals surface area contributed by atoms with Gasteiger partial charge in [-0.25, -0.2) is 4.39 Å². The zero-order valence-electron chi connectivity index (χ0n) is 9.64. The van der Waals surface area contributed by atoms with Gasteiger partial charge in [0, 0.05) is 12.3 Å². The van der Waals surface area contributed by atoms with Crippen molar-refractivity contribution < 1.29 is 9.18 Å². The topological polar surface area (TPSA) is 17.1 Å². The predicted octanol–water partition coefficient (Wildman–Crippen LogP) is 4.11. The number of rotatable bonds is 4. The molecule has 0 heterocycles. The third-order valence-electron chi connectivity index (χ3n) is 2.82. The van der Waals surface area contributed by atoms with Gasteiger partial charge < -0.3 is 0 Å². The lowest BCUT2D eigenvalue weighted by atomic mass is 9.89. The van der Waals surface area contributed by atoms with Gasteiger partial charge in [-0.1, -0.05) is 42.5 Å². The third-order valence-corrected chi connectivity index (χ3v) is 2.97. The molecule has 0 radical (unpaired) electrons. The fourth-order valence-corrected chi connectivity index (χ4v) is 2.15. The van der Waals surface area contributed by atoms with E-state index in [4.69, 9.17) is 11.6 Å². The lowest BCUT2D eigenvalue weighted by Crippen LogP contribution is -2.05. The SMILES string of the molecule is O=C(Cl)CC(c1ccccc1)c1cccc(F)c1. The number of benzene rings is 2. The van der Waals surface area contributed by atoms with E-state index in [1.807, 2.05) is 30.3 Å². The van der Waals surface area contributed by atoms with Crippen molar-refractivity contribution in [1.29, 1.82) is 0 Å². The lowest BCUT2D eigenvalue weighted by Gasteiger charge is -2.16. The Labute approximate surface area is 110 Å². The maximum atomic E-state index is 13.3. The predicted molar refractivity (Wildman–Crippen MR) is 70.2 cm³/mol. The summed E-state index contributed by atoms with van der Waals surface area (Å²) >= 11 is 5.48. The van der Waals surface area contributed by atoms with Crippen molar-refractivity contribution in [2.45, 2.75) is 12.3 Å². The monoisotopic (exact) mass is 262 g/mol. The smallest absolute Gasteiger partial charge is 0.222 e. The molecule has 2 rings (SSSR count). The minimum atomic E-state index is -0.423. The van der Waals surface area contributed by atoms with Crippen LogP contribution in [0.3, 0.4) is 0 Å². The van der Waals surface area contributed by atoms with Gasteiger partial charge in [-0.05, 0) is 34.9 Å². The van der Waals surface area contributed by atoms with Crippen molar-refractivity contribution >= 4 is 16.8 Å².